The molecule has 2 heterocycles. The van der Waals surface area contributed by atoms with E-state index < -0.39 is 0 Å². The average Bonchev–Trinajstić information content (AvgIpc) is 2.44. The lowest BCUT2D eigenvalue weighted by Gasteiger charge is -2.43. The average molecular weight is 258 g/mol. The second-order valence-corrected chi connectivity index (χ2v) is 6.39. The van der Waals surface area contributed by atoms with Crippen LogP contribution in [0.4, 0.5) is 5.69 Å². The Kier molecular flexibility index (Phi) is 3.53. The molecule has 104 valence electrons. The number of hydrogen-bond acceptors (Lipinski definition) is 2. The van der Waals surface area contributed by atoms with Gasteiger partial charge in [0.25, 0.3) is 0 Å². The molecule has 3 rings (SSSR count). The summed E-state index contributed by atoms with van der Waals surface area (Å²) in [7, 11) is 0. The van der Waals surface area contributed by atoms with E-state index in [1.165, 1.54) is 49.2 Å². The Morgan fingerprint density at radius 1 is 1.05 bits per heavy atom. The van der Waals surface area contributed by atoms with Crippen LogP contribution < -0.4 is 5.32 Å². The lowest BCUT2D eigenvalue weighted by Crippen LogP contribution is -2.41. The molecule has 0 radical (unpaired) electrons. The predicted octanol–water partition coefficient (Wildman–Crippen LogP) is 3.89. The van der Waals surface area contributed by atoms with Crippen LogP contribution in [-0.2, 0) is 0 Å². The van der Waals surface area contributed by atoms with E-state index in [1.54, 1.807) is 5.56 Å². The summed E-state index contributed by atoms with van der Waals surface area (Å²) < 4.78 is 0. The summed E-state index contributed by atoms with van der Waals surface area (Å²) in [5.74, 6) is 0.700. The lowest BCUT2D eigenvalue weighted by atomic mass is 9.83. The van der Waals surface area contributed by atoms with Gasteiger partial charge in [0, 0.05) is 18.3 Å². The van der Waals surface area contributed by atoms with Crippen molar-refractivity contribution in [3.8, 4) is 0 Å². The third kappa shape index (κ3) is 2.27. The molecule has 1 saturated heterocycles. The van der Waals surface area contributed by atoms with E-state index in [9.17, 15) is 0 Å². The molecule has 1 N–H and O–H groups in total. The smallest absolute Gasteiger partial charge is 0.0421 e. The van der Waals surface area contributed by atoms with E-state index in [0.717, 1.165) is 6.54 Å². The highest BCUT2D eigenvalue weighted by Gasteiger charge is 2.33. The van der Waals surface area contributed by atoms with E-state index >= 15 is 0 Å². The van der Waals surface area contributed by atoms with Crippen molar-refractivity contribution in [2.75, 3.05) is 25.0 Å². The number of benzene rings is 1. The van der Waals surface area contributed by atoms with E-state index in [0.29, 0.717) is 12.0 Å². The second-order valence-electron chi connectivity index (χ2n) is 6.39. The molecule has 1 aromatic carbocycles. The van der Waals surface area contributed by atoms with Crippen molar-refractivity contribution in [1.29, 1.82) is 0 Å². The summed E-state index contributed by atoms with van der Waals surface area (Å²) in [4.78, 5) is 2.74. The Morgan fingerprint density at radius 3 is 2.47 bits per heavy atom. The standard InChI is InChI=1S/C17H26N2/c1-12-7-8-13(2)16-15(12)17(14(3)11-18-16)19-9-5-4-6-10-19/h7-8,14,17-18H,4-6,9-11H2,1-3H3. The number of fused-ring (bicyclic) bond motifs is 1. The zero-order valence-electron chi connectivity index (χ0n) is 12.5. The van der Waals surface area contributed by atoms with E-state index in [1.807, 2.05) is 0 Å². The monoisotopic (exact) mass is 258 g/mol. The van der Waals surface area contributed by atoms with Crippen molar-refractivity contribution in [3.05, 3.63) is 28.8 Å². The maximum Gasteiger partial charge on any atom is 0.0421 e. The summed E-state index contributed by atoms with van der Waals surface area (Å²) in [5, 5.41) is 3.66. The Morgan fingerprint density at radius 2 is 1.74 bits per heavy atom. The Balaban J connectivity index is 2.02. The zero-order valence-corrected chi connectivity index (χ0v) is 12.5. The molecule has 2 nitrogen and oxygen atoms in total. The van der Waals surface area contributed by atoms with Gasteiger partial charge in [-0.25, -0.2) is 0 Å². The Bertz CT molecular complexity index is 461. The van der Waals surface area contributed by atoms with E-state index in [-0.39, 0.29) is 0 Å². The number of nitrogens with zero attached hydrogens (tertiary/aromatic N) is 1. The van der Waals surface area contributed by atoms with Crippen LogP contribution in [0.2, 0.25) is 0 Å². The van der Waals surface area contributed by atoms with Gasteiger partial charge < -0.3 is 5.32 Å². The zero-order chi connectivity index (χ0) is 13.4. The number of rotatable bonds is 1. The molecule has 1 aromatic rings. The van der Waals surface area contributed by atoms with Crippen molar-refractivity contribution < 1.29 is 0 Å². The fraction of sp³-hybridized carbons (Fsp3) is 0.647. The van der Waals surface area contributed by atoms with Crippen molar-refractivity contribution in [3.63, 3.8) is 0 Å². The maximum absolute atomic E-state index is 3.66. The molecule has 2 heteroatoms. The highest BCUT2D eigenvalue weighted by Crippen LogP contribution is 2.42. The van der Waals surface area contributed by atoms with Gasteiger partial charge in [0.05, 0.1) is 0 Å². The summed E-state index contributed by atoms with van der Waals surface area (Å²) in [6.07, 6.45) is 4.16. The Labute approximate surface area is 117 Å². The molecule has 19 heavy (non-hydrogen) atoms. The minimum atomic E-state index is 0.622. The molecule has 2 atom stereocenters. The van der Waals surface area contributed by atoms with Crippen LogP contribution in [-0.4, -0.2) is 24.5 Å². The lowest BCUT2D eigenvalue weighted by molar-refractivity contribution is 0.123. The van der Waals surface area contributed by atoms with Gasteiger partial charge in [-0.1, -0.05) is 25.5 Å². The number of likely N-dealkylation sites (tertiary alicyclic amines) is 1. The normalized spacial score (nSPS) is 27.7. The van der Waals surface area contributed by atoms with Crippen molar-refractivity contribution in [2.45, 2.75) is 46.1 Å². The molecule has 0 spiro atoms. The fourth-order valence-corrected chi connectivity index (χ4v) is 3.85. The number of anilines is 1. The molecular weight excluding hydrogens is 232 g/mol. The van der Waals surface area contributed by atoms with Crippen LogP contribution in [0.1, 0.15) is 48.9 Å². The molecule has 0 saturated carbocycles. The minimum Gasteiger partial charge on any atom is -0.384 e. The van der Waals surface area contributed by atoms with E-state index in [4.69, 9.17) is 0 Å². The van der Waals surface area contributed by atoms with Crippen molar-refractivity contribution in [1.82, 2.24) is 4.90 Å². The quantitative estimate of drug-likeness (QED) is 0.822. The van der Waals surface area contributed by atoms with Gasteiger partial charge in [0.1, 0.15) is 0 Å². The predicted molar refractivity (Wildman–Crippen MR) is 81.7 cm³/mol. The topological polar surface area (TPSA) is 15.3 Å². The first kappa shape index (κ1) is 13.0. The number of piperidine rings is 1. The van der Waals surface area contributed by atoms with E-state index in [2.05, 4.69) is 43.1 Å². The second kappa shape index (κ2) is 5.16. The van der Waals surface area contributed by atoms with Crippen LogP contribution in [0.5, 0.6) is 0 Å². The molecule has 2 aliphatic heterocycles. The van der Waals surface area contributed by atoms with Crippen LogP contribution >= 0.6 is 0 Å². The molecular formula is C17H26N2. The summed E-state index contributed by atoms with van der Waals surface area (Å²) >= 11 is 0. The van der Waals surface area contributed by atoms with Crippen LogP contribution in [0.3, 0.4) is 0 Å². The number of hydrogen-bond donors (Lipinski definition) is 1. The van der Waals surface area contributed by atoms with Crippen LogP contribution in [0.25, 0.3) is 0 Å². The van der Waals surface area contributed by atoms with Gasteiger partial charge in [0.2, 0.25) is 0 Å². The first-order chi connectivity index (χ1) is 9.18. The summed E-state index contributed by atoms with van der Waals surface area (Å²) in [5.41, 5.74) is 5.83. The highest BCUT2D eigenvalue weighted by atomic mass is 15.2. The third-order valence-electron chi connectivity index (χ3n) is 4.89. The molecule has 2 aliphatic rings. The number of nitrogens with one attached hydrogen (secondary N) is 1. The molecule has 0 aliphatic carbocycles. The first-order valence-corrected chi connectivity index (χ1v) is 7.76. The summed E-state index contributed by atoms with van der Waals surface area (Å²) in [6, 6.07) is 5.17. The maximum atomic E-state index is 3.66. The van der Waals surface area contributed by atoms with Crippen LogP contribution in [0.15, 0.2) is 12.1 Å². The van der Waals surface area contributed by atoms with Gasteiger partial charge in [-0.3, -0.25) is 4.90 Å². The van der Waals surface area contributed by atoms with Gasteiger partial charge in [0.15, 0.2) is 0 Å². The van der Waals surface area contributed by atoms with Gasteiger partial charge in [-0.05, 0) is 62.4 Å². The minimum absolute atomic E-state index is 0.622. The largest absolute Gasteiger partial charge is 0.384 e. The first-order valence-electron chi connectivity index (χ1n) is 7.76. The van der Waals surface area contributed by atoms with Gasteiger partial charge >= 0.3 is 0 Å². The SMILES string of the molecule is Cc1ccc(C)c2c1NCC(C)C2N1CCCCC1. The summed E-state index contributed by atoms with van der Waals surface area (Å²) in [6.45, 7) is 10.6. The van der Waals surface area contributed by atoms with Crippen molar-refractivity contribution in [2.24, 2.45) is 5.92 Å². The van der Waals surface area contributed by atoms with Crippen LogP contribution in [0, 0.1) is 19.8 Å². The molecule has 0 amide bonds. The van der Waals surface area contributed by atoms with Gasteiger partial charge in [-0.15, -0.1) is 0 Å². The highest BCUT2D eigenvalue weighted by molar-refractivity contribution is 5.63. The van der Waals surface area contributed by atoms with Gasteiger partial charge in [-0.2, -0.15) is 0 Å². The van der Waals surface area contributed by atoms with Crippen molar-refractivity contribution >= 4 is 5.69 Å². The molecule has 2 unspecified atom stereocenters. The molecule has 1 fully saturated rings. The Hall–Kier alpha value is -1.02. The third-order valence-corrected chi connectivity index (χ3v) is 4.89. The fourth-order valence-electron chi connectivity index (χ4n) is 3.85. The molecule has 0 aromatic heterocycles. The number of aryl methyl sites for hydroxylation is 2. The molecule has 0 bridgehead atoms.